The highest BCUT2D eigenvalue weighted by molar-refractivity contribution is 5.99. The Labute approximate surface area is 131 Å². The number of para-hydroxylation sites is 1. The van der Waals surface area contributed by atoms with Crippen LogP contribution in [0.1, 0.15) is 23.6 Å². The van der Waals surface area contributed by atoms with E-state index in [9.17, 15) is 0 Å². The lowest BCUT2D eigenvalue weighted by molar-refractivity contribution is 0.181. The van der Waals surface area contributed by atoms with Gasteiger partial charge in [0.2, 0.25) is 0 Å². The number of benzene rings is 2. The van der Waals surface area contributed by atoms with Crippen molar-refractivity contribution < 1.29 is 9.47 Å². The van der Waals surface area contributed by atoms with Crippen molar-refractivity contribution in [2.45, 2.75) is 20.5 Å². The van der Waals surface area contributed by atoms with Crippen LogP contribution >= 0.6 is 0 Å². The molecule has 0 aromatic heterocycles. The summed E-state index contributed by atoms with van der Waals surface area (Å²) in [6, 6.07) is 14.0. The fourth-order valence-corrected chi connectivity index (χ4v) is 2.18. The Morgan fingerprint density at radius 3 is 2.59 bits per heavy atom. The fourth-order valence-electron chi connectivity index (χ4n) is 2.18. The molecule has 4 heteroatoms. The van der Waals surface area contributed by atoms with Crippen LogP contribution in [-0.2, 0) is 11.3 Å². The maximum absolute atomic E-state index is 5.34. The summed E-state index contributed by atoms with van der Waals surface area (Å²) in [4.78, 5) is 0. The first kappa shape index (κ1) is 16.0. The molecule has 2 aromatic rings. The first-order valence-electron chi connectivity index (χ1n) is 7.18. The van der Waals surface area contributed by atoms with Gasteiger partial charge in [-0.1, -0.05) is 18.2 Å². The predicted molar refractivity (Wildman–Crippen MR) is 90.7 cm³/mol. The molecule has 0 aliphatic carbocycles. The van der Waals surface area contributed by atoms with E-state index in [0.29, 0.717) is 6.61 Å². The molecular formula is C18H22N2O2. The normalized spacial score (nSPS) is 11.4. The van der Waals surface area contributed by atoms with Crippen LogP contribution in [0.25, 0.3) is 0 Å². The van der Waals surface area contributed by atoms with E-state index in [-0.39, 0.29) is 0 Å². The molecule has 2 aromatic carbocycles. The molecule has 0 amide bonds. The van der Waals surface area contributed by atoms with Gasteiger partial charge in [0.1, 0.15) is 5.75 Å². The van der Waals surface area contributed by atoms with Crippen LogP contribution in [0.3, 0.4) is 0 Å². The number of aryl methyl sites for hydroxylation is 1. The number of ether oxygens (including phenoxy) is 2. The van der Waals surface area contributed by atoms with Gasteiger partial charge >= 0.3 is 0 Å². The Hall–Kier alpha value is -2.33. The Bertz CT molecular complexity index is 666. The Balaban J connectivity index is 2.21. The SMILES string of the molecule is COCc1cc(/C(C)=N\Nc2ccccc2C)ccc1OC. The van der Waals surface area contributed by atoms with E-state index < -0.39 is 0 Å². The molecule has 0 spiro atoms. The largest absolute Gasteiger partial charge is 0.496 e. The van der Waals surface area contributed by atoms with Crippen LogP contribution in [0.2, 0.25) is 0 Å². The second-order valence-electron chi connectivity index (χ2n) is 5.08. The summed E-state index contributed by atoms with van der Waals surface area (Å²) in [6.07, 6.45) is 0. The third-order valence-electron chi connectivity index (χ3n) is 3.49. The molecular weight excluding hydrogens is 276 g/mol. The topological polar surface area (TPSA) is 42.8 Å². The van der Waals surface area contributed by atoms with Crippen molar-refractivity contribution in [3.63, 3.8) is 0 Å². The van der Waals surface area contributed by atoms with E-state index >= 15 is 0 Å². The number of nitrogens with zero attached hydrogens (tertiary/aromatic N) is 1. The maximum Gasteiger partial charge on any atom is 0.124 e. The van der Waals surface area contributed by atoms with Crippen LogP contribution < -0.4 is 10.2 Å². The first-order valence-corrected chi connectivity index (χ1v) is 7.18. The summed E-state index contributed by atoms with van der Waals surface area (Å²) in [6.45, 7) is 4.54. The lowest BCUT2D eigenvalue weighted by Gasteiger charge is -2.11. The number of rotatable bonds is 6. The smallest absolute Gasteiger partial charge is 0.124 e. The highest BCUT2D eigenvalue weighted by Crippen LogP contribution is 2.21. The summed E-state index contributed by atoms with van der Waals surface area (Å²) in [5, 5.41) is 4.47. The highest BCUT2D eigenvalue weighted by Gasteiger charge is 2.06. The van der Waals surface area contributed by atoms with Crippen LogP contribution in [0, 0.1) is 6.92 Å². The zero-order chi connectivity index (χ0) is 15.9. The van der Waals surface area contributed by atoms with E-state index in [4.69, 9.17) is 9.47 Å². The van der Waals surface area contributed by atoms with Gasteiger partial charge in [0.15, 0.2) is 0 Å². The van der Waals surface area contributed by atoms with Gasteiger partial charge in [-0.25, -0.2) is 0 Å². The number of nitrogens with one attached hydrogen (secondary N) is 1. The highest BCUT2D eigenvalue weighted by atomic mass is 16.5. The van der Waals surface area contributed by atoms with Gasteiger partial charge in [0, 0.05) is 12.7 Å². The lowest BCUT2D eigenvalue weighted by atomic mass is 10.1. The van der Waals surface area contributed by atoms with E-state index in [0.717, 1.165) is 33.8 Å². The first-order chi connectivity index (χ1) is 10.7. The average Bonchev–Trinajstić information content (AvgIpc) is 2.54. The van der Waals surface area contributed by atoms with E-state index in [1.54, 1.807) is 14.2 Å². The van der Waals surface area contributed by atoms with Crippen LogP contribution in [0.15, 0.2) is 47.6 Å². The molecule has 0 saturated carbocycles. The van der Waals surface area contributed by atoms with E-state index in [1.807, 2.05) is 43.3 Å². The Morgan fingerprint density at radius 1 is 1.14 bits per heavy atom. The molecule has 0 fully saturated rings. The van der Waals surface area contributed by atoms with Crippen molar-refractivity contribution in [1.82, 2.24) is 0 Å². The quantitative estimate of drug-likeness (QED) is 0.648. The summed E-state index contributed by atoms with van der Waals surface area (Å²) in [7, 11) is 3.33. The van der Waals surface area contributed by atoms with Gasteiger partial charge in [0.05, 0.1) is 25.1 Å². The molecule has 0 radical (unpaired) electrons. The Kier molecular flexibility index (Phi) is 5.55. The Morgan fingerprint density at radius 2 is 1.91 bits per heavy atom. The number of methoxy groups -OCH3 is 2. The predicted octanol–water partition coefficient (Wildman–Crippen LogP) is 3.99. The summed E-state index contributed by atoms with van der Waals surface area (Å²) >= 11 is 0. The van der Waals surface area contributed by atoms with Gasteiger partial charge in [-0.2, -0.15) is 5.10 Å². The number of hydrogen-bond acceptors (Lipinski definition) is 4. The summed E-state index contributed by atoms with van der Waals surface area (Å²) in [5.41, 5.74) is 8.23. The van der Waals surface area contributed by atoms with Gasteiger partial charge in [-0.05, 0) is 49.2 Å². The standard InChI is InChI=1S/C18H22N2O2/c1-13-7-5-6-8-17(13)20-19-14(2)15-9-10-18(22-4)16(11-15)12-21-3/h5-11,20H,12H2,1-4H3/b19-14-. The monoisotopic (exact) mass is 298 g/mol. The molecule has 2 rings (SSSR count). The van der Waals surface area contributed by atoms with Crippen molar-refractivity contribution in [1.29, 1.82) is 0 Å². The zero-order valence-electron chi connectivity index (χ0n) is 13.5. The van der Waals surface area contributed by atoms with Gasteiger partial charge in [-0.3, -0.25) is 5.43 Å². The van der Waals surface area contributed by atoms with Gasteiger partial charge < -0.3 is 9.47 Å². The third-order valence-corrected chi connectivity index (χ3v) is 3.49. The minimum Gasteiger partial charge on any atom is -0.496 e. The van der Waals surface area contributed by atoms with Crippen LogP contribution in [0.5, 0.6) is 5.75 Å². The number of hydrazone groups is 1. The van der Waals surface area contributed by atoms with Gasteiger partial charge in [0.25, 0.3) is 0 Å². The van der Waals surface area contributed by atoms with E-state index in [1.165, 1.54) is 0 Å². The molecule has 116 valence electrons. The van der Waals surface area contributed by atoms with Crippen molar-refractivity contribution in [3.8, 4) is 5.75 Å². The van der Waals surface area contributed by atoms with Gasteiger partial charge in [-0.15, -0.1) is 0 Å². The van der Waals surface area contributed by atoms with Crippen molar-refractivity contribution in [2.24, 2.45) is 5.10 Å². The fraction of sp³-hybridized carbons (Fsp3) is 0.278. The average molecular weight is 298 g/mol. The minimum atomic E-state index is 0.509. The van der Waals surface area contributed by atoms with Crippen LogP contribution in [0.4, 0.5) is 5.69 Å². The molecule has 0 bridgehead atoms. The molecule has 0 heterocycles. The lowest BCUT2D eigenvalue weighted by Crippen LogP contribution is -2.03. The molecule has 1 N–H and O–H groups in total. The minimum absolute atomic E-state index is 0.509. The molecule has 0 atom stereocenters. The second-order valence-corrected chi connectivity index (χ2v) is 5.08. The number of anilines is 1. The molecule has 0 aliphatic rings. The van der Waals surface area contributed by atoms with E-state index in [2.05, 4.69) is 23.5 Å². The van der Waals surface area contributed by atoms with Crippen molar-refractivity contribution in [2.75, 3.05) is 19.6 Å². The van der Waals surface area contributed by atoms with Crippen molar-refractivity contribution in [3.05, 3.63) is 59.2 Å². The second kappa shape index (κ2) is 7.61. The van der Waals surface area contributed by atoms with Crippen LogP contribution in [-0.4, -0.2) is 19.9 Å². The molecule has 4 nitrogen and oxygen atoms in total. The zero-order valence-corrected chi connectivity index (χ0v) is 13.5. The molecule has 0 aliphatic heterocycles. The third kappa shape index (κ3) is 3.86. The summed E-state index contributed by atoms with van der Waals surface area (Å²) < 4.78 is 10.6. The van der Waals surface area contributed by atoms with Crippen molar-refractivity contribution >= 4 is 11.4 Å². The maximum atomic E-state index is 5.34. The molecule has 0 saturated heterocycles. The molecule has 22 heavy (non-hydrogen) atoms. The number of hydrogen-bond donors (Lipinski definition) is 1. The summed E-state index contributed by atoms with van der Waals surface area (Å²) in [5.74, 6) is 0.824. The molecule has 0 unspecified atom stereocenters.